The van der Waals surface area contributed by atoms with Gasteiger partial charge in [0.1, 0.15) is 0 Å². The average molecular weight is 361 g/mol. The zero-order chi connectivity index (χ0) is 19.1. The summed E-state index contributed by atoms with van der Waals surface area (Å²) in [6.45, 7) is 2.33. The number of rotatable bonds is 7. The first kappa shape index (κ1) is 18.6. The van der Waals surface area contributed by atoms with Gasteiger partial charge in [-0.25, -0.2) is 0 Å². The second-order valence-corrected chi connectivity index (χ2v) is 6.36. The fourth-order valence-electron chi connectivity index (χ4n) is 3.05. The van der Waals surface area contributed by atoms with Gasteiger partial charge in [-0.15, -0.1) is 0 Å². The number of para-hydroxylation sites is 1. The number of amides is 2. The highest BCUT2D eigenvalue weighted by Crippen LogP contribution is 2.24. The maximum Gasteiger partial charge on any atom is 0.223 e. The second-order valence-electron chi connectivity index (χ2n) is 6.36. The van der Waals surface area contributed by atoms with E-state index in [4.69, 9.17) is 0 Å². The van der Waals surface area contributed by atoms with Crippen molar-refractivity contribution in [1.82, 2.24) is 10.3 Å². The summed E-state index contributed by atoms with van der Waals surface area (Å²) < 4.78 is 0. The minimum absolute atomic E-state index is 0.0154. The van der Waals surface area contributed by atoms with Crippen molar-refractivity contribution in [2.45, 2.75) is 19.8 Å². The molecule has 1 heterocycles. The molecule has 0 saturated carbocycles. The molecule has 0 aliphatic rings. The fraction of sp³-hybridized carbons (Fsp3) is 0.227. The summed E-state index contributed by atoms with van der Waals surface area (Å²) in [7, 11) is 0. The molecule has 0 atom stereocenters. The summed E-state index contributed by atoms with van der Waals surface area (Å²) in [6, 6.07) is 19.5. The average Bonchev–Trinajstić information content (AvgIpc) is 2.70. The van der Waals surface area contributed by atoms with Gasteiger partial charge in [-0.3, -0.25) is 14.6 Å². The molecule has 2 aromatic carbocycles. The lowest BCUT2D eigenvalue weighted by Crippen LogP contribution is -2.37. The van der Waals surface area contributed by atoms with Crippen LogP contribution >= 0.6 is 0 Å². The van der Waals surface area contributed by atoms with E-state index < -0.39 is 0 Å². The summed E-state index contributed by atoms with van der Waals surface area (Å²) in [4.78, 5) is 30.3. The minimum atomic E-state index is -0.0771. The molecule has 0 radical (unpaired) electrons. The van der Waals surface area contributed by atoms with Crippen molar-refractivity contribution in [3.63, 3.8) is 0 Å². The second kappa shape index (κ2) is 8.94. The number of carbonyl (C=O) groups excluding carboxylic acids is 2. The normalized spacial score (nSPS) is 10.6. The monoisotopic (exact) mass is 361 g/mol. The van der Waals surface area contributed by atoms with E-state index in [1.54, 1.807) is 11.1 Å². The Morgan fingerprint density at radius 2 is 1.78 bits per heavy atom. The first-order valence-electron chi connectivity index (χ1n) is 9.07. The molecule has 0 aliphatic heterocycles. The molecule has 0 spiro atoms. The lowest BCUT2D eigenvalue weighted by molar-refractivity contribution is -0.121. The number of nitrogens with zero attached hydrogens (tertiary/aromatic N) is 2. The zero-order valence-corrected chi connectivity index (χ0v) is 15.4. The first-order chi connectivity index (χ1) is 13.1. The zero-order valence-electron chi connectivity index (χ0n) is 15.4. The van der Waals surface area contributed by atoms with E-state index in [1.165, 1.54) is 6.92 Å². The van der Waals surface area contributed by atoms with Gasteiger partial charge >= 0.3 is 0 Å². The van der Waals surface area contributed by atoms with E-state index in [-0.39, 0.29) is 11.8 Å². The minimum Gasteiger partial charge on any atom is -0.354 e. The van der Waals surface area contributed by atoms with Crippen LogP contribution in [-0.4, -0.2) is 29.9 Å². The maximum absolute atomic E-state index is 12.2. The fourth-order valence-corrected chi connectivity index (χ4v) is 3.05. The molecule has 27 heavy (non-hydrogen) atoms. The topological polar surface area (TPSA) is 62.3 Å². The van der Waals surface area contributed by atoms with E-state index in [1.807, 2.05) is 60.7 Å². The van der Waals surface area contributed by atoms with Crippen LogP contribution in [-0.2, 0) is 16.0 Å². The largest absolute Gasteiger partial charge is 0.354 e. The molecular weight excluding hydrogens is 338 g/mol. The van der Waals surface area contributed by atoms with Gasteiger partial charge in [0.05, 0.1) is 11.2 Å². The Bertz CT molecular complexity index is 920. The van der Waals surface area contributed by atoms with E-state index in [0.29, 0.717) is 25.9 Å². The summed E-state index contributed by atoms with van der Waals surface area (Å²) in [6.07, 6.45) is 2.85. The number of hydrogen-bond acceptors (Lipinski definition) is 3. The predicted molar refractivity (Wildman–Crippen MR) is 108 cm³/mol. The molecule has 3 rings (SSSR count). The Morgan fingerprint density at radius 1 is 1.00 bits per heavy atom. The van der Waals surface area contributed by atoms with E-state index >= 15 is 0 Å². The molecule has 0 bridgehead atoms. The summed E-state index contributed by atoms with van der Waals surface area (Å²) >= 11 is 0. The highest BCUT2D eigenvalue weighted by molar-refractivity contribution is 6.01. The highest BCUT2D eigenvalue weighted by Gasteiger charge is 2.15. The molecule has 0 fully saturated rings. The van der Waals surface area contributed by atoms with Gasteiger partial charge in [-0.2, -0.15) is 0 Å². The SMILES string of the molecule is CC(=O)N(CCNC(=O)CCc1ccccc1)c1cccc2cccnc12. The van der Waals surface area contributed by atoms with Crippen molar-refractivity contribution in [3.8, 4) is 0 Å². The quantitative estimate of drug-likeness (QED) is 0.702. The first-order valence-corrected chi connectivity index (χ1v) is 9.07. The predicted octanol–water partition coefficient (Wildman–Crippen LogP) is 3.34. The van der Waals surface area contributed by atoms with E-state index in [0.717, 1.165) is 22.2 Å². The number of hydrogen-bond donors (Lipinski definition) is 1. The Balaban J connectivity index is 1.59. The Kier molecular flexibility index (Phi) is 6.15. The number of anilines is 1. The van der Waals surface area contributed by atoms with Crippen LogP contribution in [0.2, 0.25) is 0 Å². The van der Waals surface area contributed by atoms with E-state index in [9.17, 15) is 9.59 Å². The number of benzene rings is 2. The number of fused-ring (bicyclic) bond motifs is 1. The van der Waals surface area contributed by atoms with Crippen LogP contribution in [0.4, 0.5) is 5.69 Å². The van der Waals surface area contributed by atoms with Gasteiger partial charge in [0.15, 0.2) is 0 Å². The van der Waals surface area contributed by atoms with Crippen LogP contribution < -0.4 is 10.2 Å². The Labute approximate surface area is 159 Å². The molecule has 0 unspecified atom stereocenters. The smallest absolute Gasteiger partial charge is 0.223 e. The van der Waals surface area contributed by atoms with Crippen LogP contribution in [0.5, 0.6) is 0 Å². The van der Waals surface area contributed by atoms with Crippen molar-refractivity contribution < 1.29 is 9.59 Å². The molecular formula is C22H23N3O2. The molecule has 1 N–H and O–H groups in total. The van der Waals surface area contributed by atoms with E-state index in [2.05, 4.69) is 10.3 Å². The van der Waals surface area contributed by atoms with Crippen LogP contribution in [0.25, 0.3) is 10.9 Å². The van der Waals surface area contributed by atoms with Crippen molar-refractivity contribution in [2.75, 3.05) is 18.0 Å². The van der Waals surface area contributed by atoms with Gasteiger partial charge in [-0.05, 0) is 24.1 Å². The van der Waals surface area contributed by atoms with Gasteiger partial charge in [0, 0.05) is 38.0 Å². The highest BCUT2D eigenvalue weighted by atomic mass is 16.2. The van der Waals surface area contributed by atoms with Crippen molar-refractivity contribution in [3.05, 3.63) is 72.4 Å². The maximum atomic E-state index is 12.2. The molecule has 0 saturated heterocycles. The molecule has 138 valence electrons. The van der Waals surface area contributed by atoms with Crippen molar-refractivity contribution in [1.29, 1.82) is 0 Å². The molecule has 2 amide bonds. The molecule has 0 aliphatic carbocycles. The van der Waals surface area contributed by atoms with Crippen LogP contribution in [0.15, 0.2) is 66.9 Å². The van der Waals surface area contributed by atoms with Gasteiger partial charge < -0.3 is 10.2 Å². The van der Waals surface area contributed by atoms with Crippen LogP contribution in [0, 0.1) is 0 Å². The van der Waals surface area contributed by atoms with Crippen LogP contribution in [0.3, 0.4) is 0 Å². The van der Waals surface area contributed by atoms with Gasteiger partial charge in [0.2, 0.25) is 11.8 Å². The lowest BCUT2D eigenvalue weighted by atomic mass is 10.1. The number of carbonyl (C=O) groups is 2. The van der Waals surface area contributed by atoms with Gasteiger partial charge in [-0.1, -0.05) is 48.5 Å². The third-order valence-electron chi connectivity index (χ3n) is 4.42. The number of nitrogens with one attached hydrogen (secondary N) is 1. The Morgan fingerprint density at radius 3 is 2.56 bits per heavy atom. The summed E-state index contributed by atoms with van der Waals surface area (Å²) in [5, 5.41) is 3.88. The third kappa shape index (κ3) is 4.91. The Hall–Kier alpha value is -3.21. The summed E-state index contributed by atoms with van der Waals surface area (Å²) in [5.74, 6) is -0.0925. The van der Waals surface area contributed by atoms with Crippen molar-refractivity contribution >= 4 is 28.4 Å². The number of aryl methyl sites for hydroxylation is 1. The molecule has 5 heteroatoms. The third-order valence-corrected chi connectivity index (χ3v) is 4.42. The summed E-state index contributed by atoms with van der Waals surface area (Å²) in [5.41, 5.74) is 2.68. The number of aromatic nitrogens is 1. The van der Waals surface area contributed by atoms with Gasteiger partial charge in [0.25, 0.3) is 0 Å². The number of pyridine rings is 1. The molecule has 3 aromatic rings. The molecule has 5 nitrogen and oxygen atoms in total. The lowest BCUT2D eigenvalue weighted by Gasteiger charge is -2.22. The van der Waals surface area contributed by atoms with Crippen LogP contribution in [0.1, 0.15) is 18.9 Å². The van der Waals surface area contributed by atoms with Crippen molar-refractivity contribution in [2.24, 2.45) is 0 Å². The molecule has 1 aromatic heterocycles. The standard InChI is InChI=1S/C22H23N3O2/c1-17(26)25(20-11-5-9-19-10-6-14-24-22(19)20)16-15-23-21(27)13-12-18-7-3-2-4-8-18/h2-11,14H,12-13,15-16H2,1H3,(H,23,27).